The molecule has 1 rings (SSSR count). The Balaban J connectivity index is 0.00000289. The molecule has 106 valence electrons. The summed E-state index contributed by atoms with van der Waals surface area (Å²) < 4.78 is 2.05. The minimum atomic E-state index is 0. The Morgan fingerprint density at radius 1 is 1.06 bits per heavy atom. The average Bonchev–Trinajstić information content (AvgIpc) is 2.80. The van der Waals surface area contributed by atoms with Crippen molar-refractivity contribution in [2.24, 2.45) is 0 Å². The van der Waals surface area contributed by atoms with E-state index in [1.165, 1.54) is 51.4 Å². The van der Waals surface area contributed by atoms with Crippen molar-refractivity contribution in [2.75, 3.05) is 0 Å². The molecule has 4 heteroatoms. The van der Waals surface area contributed by atoms with E-state index in [0.717, 1.165) is 12.4 Å². The Labute approximate surface area is 117 Å². The van der Waals surface area contributed by atoms with Crippen molar-refractivity contribution >= 4 is 12.4 Å². The molecule has 0 bridgehead atoms. The van der Waals surface area contributed by atoms with Gasteiger partial charge in [-0.25, -0.2) is 4.98 Å². The molecular formula is C14H27ClN2O. The van der Waals surface area contributed by atoms with E-state index in [2.05, 4.69) is 16.5 Å². The van der Waals surface area contributed by atoms with E-state index < -0.39 is 0 Å². The van der Waals surface area contributed by atoms with E-state index in [9.17, 15) is 0 Å². The summed E-state index contributed by atoms with van der Waals surface area (Å²) in [6.45, 7) is 3.29. The van der Waals surface area contributed by atoms with Gasteiger partial charge in [-0.05, 0) is 6.42 Å². The van der Waals surface area contributed by atoms with Crippen LogP contribution in [-0.4, -0.2) is 14.7 Å². The van der Waals surface area contributed by atoms with E-state index in [0.29, 0.717) is 0 Å². The highest BCUT2D eigenvalue weighted by atomic mass is 35.5. The lowest BCUT2D eigenvalue weighted by Crippen LogP contribution is -2.02. The molecule has 0 aliphatic heterocycles. The molecule has 0 atom stereocenters. The van der Waals surface area contributed by atoms with Crippen LogP contribution in [0.1, 0.15) is 64.1 Å². The number of unbranched alkanes of at least 4 members (excludes halogenated alkanes) is 7. The average molecular weight is 275 g/mol. The summed E-state index contributed by atoms with van der Waals surface area (Å²) in [5.74, 6) is 0.785. The first-order valence-corrected chi connectivity index (χ1v) is 6.99. The van der Waals surface area contributed by atoms with Crippen LogP contribution in [0.2, 0.25) is 0 Å². The number of halogens is 1. The Bertz CT molecular complexity index is 289. The summed E-state index contributed by atoms with van der Waals surface area (Å²) in [5.41, 5.74) is 0. The predicted octanol–water partition coefficient (Wildman–Crippen LogP) is 3.94. The first-order valence-electron chi connectivity index (χ1n) is 6.99. The van der Waals surface area contributed by atoms with Crippen LogP contribution in [0.5, 0.6) is 0 Å². The van der Waals surface area contributed by atoms with Crippen molar-refractivity contribution in [3.8, 4) is 0 Å². The number of nitrogens with zero attached hydrogens (tertiary/aromatic N) is 2. The van der Waals surface area contributed by atoms with Gasteiger partial charge in [0.15, 0.2) is 0 Å². The number of aryl methyl sites for hydroxylation is 1. The first kappa shape index (κ1) is 17.5. The molecular weight excluding hydrogens is 248 g/mol. The van der Waals surface area contributed by atoms with Gasteiger partial charge in [0.25, 0.3) is 0 Å². The Kier molecular flexibility index (Phi) is 11.2. The smallest absolute Gasteiger partial charge is 0.134 e. The molecule has 3 nitrogen and oxygen atoms in total. The first-order chi connectivity index (χ1) is 8.38. The largest absolute Gasteiger partial charge is 0.388 e. The van der Waals surface area contributed by atoms with Crippen molar-refractivity contribution in [2.45, 2.75) is 71.4 Å². The fourth-order valence-electron chi connectivity index (χ4n) is 2.11. The Hall–Kier alpha value is -0.540. The standard InChI is InChI=1S/C14H26N2O.ClH/c1-2-3-4-5-6-7-8-9-11-16-12-10-15-14(16)13-17;/h10,12,17H,2-9,11,13H2,1H3;1H. The molecule has 0 amide bonds. The third-order valence-corrected chi connectivity index (χ3v) is 3.20. The molecule has 0 fully saturated rings. The molecule has 0 saturated heterocycles. The molecule has 1 aromatic rings. The monoisotopic (exact) mass is 274 g/mol. The highest BCUT2D eigenvalue weighted by Gasteiger charge is 1.99. The SMILES string of the molecule is CCCCCCCCCCn1ccnc1CO.Cl. The number of hydrogen-bond acceptors (Lipinski definition) is 2. The third kappa shape index (κ3) is 7.02. The second-order valence-electron chi connectivity index (χ2n) is 4.67. The normalized spacial score (nSPS) is 10.3. The molecule has 0 aliphatic carbocycles. The highest BCUT2D eigenvalue weighted by Crippen LogP contribution is 2.09. The molecule has 0 aromatic carbocycles. The van der Waals surface area contributed by atoms with Gasteiger partial charge in [-0.2, -0.15) is 0 Å². The second kappa shape index (κ2) is 11.5. The number of aromatic nitrogens is 2. The Morgan fingerprint density at radius 3 is 2.28 bits per heavy atom. The summed E-state index contributed by atoms with van der Waals surface area (Å²) in [6, 6.07) is 0. The zero-order chi connectivity index (χ0) is 12.3. The number of imidazole rings is 1. The van der Waals surface area contributed by atoms with Gasteiger partial charge in [0.05, 0.1) is 0 Å². The van der Waals surface area contributed by atoms with Gasteiger partial charge in [0.1, 0.15) is 12.4 Å². The highest BCUT2D eigenvalue weighted by molar-refractivity contribution is 5.85. The summed E-state index contributed by atoms with van der Waals surface area (Å²) in [4.78, 5) is 4.10. The molecule has 1 N–H and O–H groups in total. The maximum Gasteiger partial charge on any atom is 0.134 e. The maximum absolute atomic E-state index is 9.05. The molecule has 1 aromatic heterocycles. The minimum absolute atomic E-state index is 0. The van der Waals surface area contributed by atoms with Crippen molar-refractivity contribution < 1.29 is 5.11 Å². The fourth-order valence-corrected chi connectivity index (χ4v) is 2.11. The van der Waals surface area contributed by atoms with Crippen LogP contribution in [0.4, 0.5) is 0 Å². The number of rotatable bonds is 10. The van der Waals surface area contributed by atoms with Crippen LogP contribution >= 0.6 is 12.4 Å². The molecule has 0 unspecified atom stereocenters. The fraction of sp³-hybridized carbons (Fsp3) is 0.786. The number of aliphatic hydroxyl groups is 1. The number of aliphatic hydroxyl groups excluding tert-OH is 1. The topological polar surface area (TPSA) is 38.0 Å². The van der Waals surface area contributed by atoms with Gasteiger partial charge >= 0.3 is 0 Å². The summed E-state index contributed by atoms with van der Waals surface area (Å²) in [6.07, 6.45) is 14.4. The summed E-state index contributed by atoms with van der Waals surface area (Å²) in [7, 11) is 0. The lowest BCUT2D eigenvalue weighted by atomic mass is 10.1. The Morgan fingerprint density at radius 2 is 1.67 bits per heavy atom. The van der Waals surface area contributed by atoms with Crippen LogP contribution in [0.3, 0.4) is 0 Å². The molecule has 0 spiro atoms. The zero-order valence-corrected chi connectivity index (χ0v) is 12.3. The van der Waals surface area contributed by atoms with Crippen LogP contribution in [0.15, 0.2) is 12.4 Å². The van der Waals surface area contributed by atoms with Crippen molar-refractivity contribution in [3.63, 3.8) is 0 Å². The van der Waals surface area contributed by atoms with Crippen LogP contribution in [-0.2, 0) is 13.2 Å². The van der Waals surface area contributed by atoms with Crippen LogP contribution in [0.25, 0.3) is 0 Å². The van der Waals surface area contributed by atoms with Crippen LogP contribution in [0, 0.1) is 0 Å². The van der Waals surface area contributed by atoms with E-state index >= 15 is 0 Å². The van der Waals surface area contributed by atoms with E-state index in [-0.39, 0.29) is 19.0 Å². The quantitative estimate of drug-likeness (QED) is 0.656. The summed E-state index contributed by atoms with van der Waals surface area (Å²) in [5, 5.41) is 9.05. The molecule has 0 aliphatic rings. The van der Waals surface area contributed by atoms with Gasteiger partial charge in [-0.1, -0.05) is 51.9 Å². The molecule has 0 saturated carbocycles. The lowest BCUT2D eigenvalue weighted by molar-refractivity contribution is 0.264. The van der Waals surface area contributed by atoms with Crippen molar-refractivity contribution in [1.29, 1.82) is 0 Å². The van der Waals surface area contributed by atoms with Crippen LogP contribution < -0.4 is 0 Å². The molecule has 0 radical (unpaired) electrons. The third-order valence-electron chi connectivity index (χ3n) is 3.20. The van der Waals surface area contributed by atoms with Gasteiger partial charge in [0, 0.05) is 18.9 Å². The van der Waals surface area contributed by atoms with Crippen molar-refractivity contribution in [1.82, 2.24) is 9.55 Å². The minimum Gasteiger partial charge on any atom is -0.388 e. The molecule has 1 heterocycles. The maximum atomic E-state index is 9.05. The molecule has 18 heavy (non-hydrogen) atoms. The van der Waals surface area contributed by atoms with Gasteiger partial charge in [0.2, 0.25) is 0 Å². The van der Waals surface area contributed by atoms with Crippen molar-refractivity contribution in [3.05, 3.63) is 18.2 Å². The van der Waals surface area contributed by atoms with Gasteiger partial charge in [-0.15, -0.1) is 12.4 Å². The van der Waals surface area contributed by atoms with E-state index in [1.54, 1.807) is 6.20 Å². The zero-order valence-electron chi connectivity index (χ0n) is 11.5. The second-order valence-corrected chi connectivity index (χ2v) is 4.67. The van der Waals surface area contributed by atoms with Gasteiger partial charge < -0.3 is 9.67 Å². The van der Waals surface area contributed by atoms with E-state index in [1.807, 2.05) is 6.20 Å². The predicted molar refractivity (Wildman–Crippen MR) is 78.0 cm³/mol. The summed E-state index contributed by atoms with van der Waals surface area (Å²) >= 11 is 0. The van der Waals surface area contributed by atoms with Gasteiger partial charge in [-0.3, -0.25) is 0 Å². The lowest BCUT2D eigenvalue weighted by Gasteiger charge is -2.05. The number of hydrogen-bond donors (Lipinski definition) is 1. The van der Waals surface area contributed by atoms with E-state index in [4.69, 9.17) is 5.11 Å².